The van der Waals surface area contributed by atoms with E-state index in [2.05, 4.69) is 23.8 Å². The molecule has 20 heavy (non-hydrogen) atoms. The predicted octanol–water partition coefficient (Wildman–Crippen LogP) is 1.72. The Morgan fingerprint density at radius 1 is 1.25 bits per heavy atom. The third kappa shape index (κ3) is 4.01. The van der Waals surface area contributed by atoms with Crippen LogP contribution >= 0.6 is 11.3 Å². The average Bonchev–Trinajstić information content (AvgIpc) is 2.81. The number of thiazole rings is 1. The lowest BCUT2D eigenvalue weighted by molar-refractivity contribution is 0.0814. The first-order valence-electron chi connectivity index (χ1n) is 7.52. The van der Waals surface area contributed by atoms with Crippen LogP contribution in [0.25, 0.3) is 0 Å². The van der Waals surface area contributed by atoms with Gasteiger partial charge in [-0.1, -0.05) is 6.92 Å². The van der Waals surface area contributed by atoms with Gasteiger partial charge in [0.1, 0.15) is 0 Å². The molecule has 2 heterocycles. The highest BCUT2D eigenvalue weighted by Gasteiger charge is 2.24. The fourth-order valence-corrected chi connectivity index (χ4v) is 3.69. The molecule has 0 unspecified atom stereocenters. The van der Waals surface area contributed by atoms with Gasteiger partial charge in [0.05, 0.1) is 21.2 Å². The minimum atomic E-state index is -0.769. The standard InChI is InChI=1S/C15H27N3OS/c1-5-12-14(15(2,3)19)20-13(16-12)6-7-18-10-8-17(4)9-11-18/h19H,5-11H2,1-4H3. The number of nitrogens with zero attached hydrogens (tertiary/aromatic N) is 3. The summed E-state index contributed by atoms with van der Waals surface area (Å²) in [5.41, 5.74) is 0.297. The van der Waals surface area contributed by atoms with Crippen molar-refractivity contribution in [2.24, 2.45) is 0 Å². The number of likely N-dealkylation sites (N-methyl/N-ethyl adjacent to an activating group) is 1. The Bertz CT molecular complexity index is 431. The van der Waals surface area contributed by atoms with Crippen LogP contribution in [0.3, 0.4) is 0 Å². The number of aromatic nitrogens is 1. The Hall–Kier alpha value is -0.490. The van der Waals surface area contributed by atoms with E-state index in [9.17, 15) is 5.11 Å². The van der Waals surface area contributed by atoms with Gasteiger partial charge in [0.15, 0.2) is 0 Å². The molecule has 1 saturated heterocycles. The zero-order chi connectivity index (χ0) is 14.8. The maximum Gasteiger partial charge on any atom is 0.0950 e. The van der Waals surface area contributed by atoms with Gasteiger partial charge in [0.25, 0.3) is 0 Å². The molecule has 1 aromatic heterocycles. The second kappa shape index (κ2) is 6.52. The van der Waals surface area contributed by atoms with Gasteiger partial charge in [0, 0.05) is 39.1 Å². The molecule has 2 rings (SSSR count). The van der Waals surface area contributed by atoms with Crippen molar-refractivity contribution in [3.63, 3.8) is 0 Å². The summed E-state index contributed by atoms with van der Waals surface area (Å²) >= 11 is 1.68. The van der Waals surface area contributed by atoms with Gasteiger partial charge in [-0.2, -0.15) is 0 Å². The van der Waals surface area contributed by atoms with E-state index in [1.807, 2.05) is 13.8 Å². The summed E-state index contributed by atoms with van der Waals surface area (Å²) < 4.78 is 0. The summed E-state index contributed by atoms with van der Waals surface area (Å²) in [5, 5.41) is 11.4. The van der Waals surface area contributed by atoms with Crippen LogP contribution in [-0.4, -0.2) is 59.7 Å². The first-order valence-corrected chi connectivity index (χ1v) is 8.34. The lowest BCUT2D eigenvalue weighted by Crippen LogP contribution is -2.45. The van der Waals surface area contributed by atoms with Crippen molar-refractivity contribution in [3.05, 3.63) is 15.6 Å². The van der Waals surface area contributed by atoms with Gasteiger partial charge >= 0.3 is 0 Å². The van der Waals surface area contributed by atoms with Gasteiger partial charge in [0.2, 0.25) is 0 Å². The van der Waals surface area contributed by atoms with Crippen LogP contribution in [0, 0.1) is 0 Å². The quantitative estimate of drug-likeness (QED) is 0.898. The molecule has 1 aliphatic heterocycles. The Balaban J connectivity index is 1.95. The highest BCUT2D eigenvalue weighted by Crippen LogP contribution is 2.30. The van der Waals surface area contributed by atoms with E-state index in [-0.39, 0.29) is 0 Å². The van der Waals surface area contributed by atoms with E-state index in [4.69, 9.17) is 4.98 Å². The molecule has 0 amide bonds. The maximum atomic E-state index is 10.2. The van der Waals surface area contributed by atoms with E-state index in [0.29, 0.717) is 0 Å². The second-order valence-corrected chi connectivity index (χ2v) is 7.27. The average molecular weight is 297 g/mol. The summed E-state index contributed by atoms with van der Waals surface area (Å²) in [4.78, 5) is 10.6. The first kappa shape index (κ1) is 15.9. The number of aryl methyl sites for hydroxylation is 1. The van der Waals surface area contributed by atoms with Gasteiger partial charge in [-0.15, -0.1) is 11.3 Å². The van der Waals surface area contributed by atoms with Crippen LogP contribution in [0.4, 0.5) is 0 Å². The van der Waals surface area contributed by atoms with Crippen molar-refractivity contribution < 1.29 is 5.11 Å². The van der Waals surface area contributed by atoms with Crippen LogP contribution in [0.15, 0.2) is 0 Å². The number of piperazine rings is 1. The molecule has 0 aliphatic carbocycles. The Morgan fingerprint density at radius 3 is 2.40 bits per heavy atom. The van der Waals surface area contributed by atoms with Crippen LogP contribution in [0.5, 0.6) is 0 Å². The Kier molecular flexibility index (Phi) is 5.18. The lowest BCUT2D eigenvalue weighted by Gasteiger charge is -2.32. The number of aliphatic hydroxyl groups is 1. The molecular formula is C15H27N3OS. The molecule has 0 saturated carbocycles. The van der Waals surface area contributed by atoms with Crippen molar-refractivity contribution >= 4 is 11.3 Å². The maximum absolute atomic E-state index is 10.2. The van der Waals surface area contributed by atoms with E-state index < -0.39 is 5.60 Å². The fraction of sp³-hybridized carbons (Fsp3) is 0.800. The van der Waals surface area contributed by atoms with Crippen LogP contribution in [-0.2, 0) is 18.4 Å². The highest BCUT2D eigenvalue weighted by molar-refractivity contribution is 7.11. The molecule has 1 N–H and O–H groups in total. The molecule has 1 aromatic rings. The Labute approximate surface area is 126 Å². The fourth-order valence-electron chi connectivity index (χ4n) is 2.55. The van der Waals surface area contributed by atoms with E-state index in [1.165, 1.54) is 0 Å². The lowest BCUT2D eigenvalue weighted by atomic mass is 10.1. The predicted molar refractivity (Wildman–Crippen MR) is 84.4 cm³/mol. The minimum absolute atomic E-state index is 0.769. The van der Waals surface area contributed by atoms with Crippen molar-refractivity contribution in [3.8, 4) is 0 Å². The van der Waals surface area contributed by atoms with E-state index in [0.717, 1.165) is 61.1 Å². The molecule has 0 spiro atoms. The molecule has 1 aliphatic rings. The van der Waals surface area contributed by atoms with Crippen molar-refractivity contribution in [2.45, 2.75) is 39.2 Å². The largest absolute Gasteiger partial charge is 0.385 e. The normalized spacial score (nSPS) is 18.6. The summed E-state index contributed by atoms with van der Waals surface area (Å²) in [6.07, 6.45) is 1.89. The summed E-state index contributed by atoms with van der Waals surface area (Å²) in [6.45, 7) is 11.5. The Morgan fingerprint density at radius 2 is 1.90 bits per heavy atom. The summed E-state index contributed by atoms with van der Waals surface area (Å²) in [5.74, 6) is 0. The zero-order valence-electron chi connectivity index (χ0n) is 13.1. The number of rotatable bonds is 5. The van der Waals surface area contributed by atoms with Crippen LogP contribution in [0.2, 0.25) is 0 Å². The van der Waals surface area contributed by atoms with Crippen molar-refractivity contribution in [1.82, 2.24) is 14.8 Å². The third-order valence-electron chi connectivity index (χ3n) is 3.87. The van der Waals surface area contributed by atoms with Crippen LogP contribution in [0.1, 0.15) is 36.3 Å². The smallest absolute Gasteiger partial charge is 0.0950 e. The summed E-state index contributed by atoms with van der Waals surface area (Å²) in [6, 6.07) is 0. The minimum Gasteiger partial charge on any atom is -0.385 e. The number of hydrogen-bond donors (Lipinski definition) is 1. The summed E-state index contributed by atoms with van der Waals surface area (Å²) in [7, 11) is 2.18. The zero-order valence-corrected chi connectivity index (χ0v) is 14.0. The monoisotopic (exact) mass is 297 g/mol. The van der Waals surface area contributed by atoms with Crippen LogP contribution < -0.4 is 0 Å². The van der Waals surface area contributed by atoms with E-state index in [1.54, 1.807) is 11.3 Å². The van der Waals surface area contributed by atoms with Crippen molar-refractivity contribution in [2.75, 3.05) is 39.8 Å². The van der Waals surface area contributed by atoms with Gasteiger partial charge in [-0.05, 0) is 27.3 Å². The number of hydrogen-bond acceptors (Lipinski definition) is 5. The SMILES string of the molecule is CCc1nc(CCN2CCN(C)CC2)sc1C(C)(C)O. The van der Waals surface area contributed by atoms with Gasteiger partial charge in [-0.3, -0.25) is 0 Å². The molecular weight excluding hydrogens is 270 g/mol. The van der Waals surface area contributed by atoms with Gasteiger partial charge < -0.3 is 14.9 Å². The second-order valence-electron chi connectivity index (χ2n) is 6.19. The molecule has 5 heteroatoms. The first-order chi connectivity index (χ1) is 9.40. The molecule has 0 bridgehead atoms. The molecule has 0 atom stereocenters. The third-order valence-corrected chi connectivity index (χ3v) is 5.34. The topological polar surface area (TPSA) is 39.6 Å². The molecule has 114 valence electrons. The molecule has 0 aromatic carbocycles. The highest BCUT2D eigenvalue weighted by atomic mass is 32.1. The molecule has 4 nitrogen and oxygen atoms in total. The molecule has 0 radical (unpaired) electrons. The van der Waals surface area contributed by atoms with Crippen molar-refractivity contribution in [1.29, 1.82) is 0 Å². The van der Waals surface area contributed by atoms with E-state index >= 15 is 0 Å². The molecule has 1 fully saturated rings. The van der Waals surface area contributed by atoms with Gasteiger partial charge in [-0.25, -0.2) is 4.98 Å².